The van der Waals surface area contributed by atoms with Crippen LogP contribution in [0.5, 0.6) is 17.2 Å². The number of anilines is 2. The van der Waals surface area contributed by atoms with Crippen molar-refractivity contribution in [1.82, 2.24) is 15.3 Å². The van der Waals surface area contributed by atoms with Gasteiger partial charge in [-0.3, -0.25) is 4.79 Å². The predicted octanol–water partition coefficient (Wildman–Crippen LogP) is 2.14. The fourth-order valence-corrected chi connectivity index (χ4v) is 2.34. The minimum absolute atomic E-state index is 0.196. The third kappa shape index (κ3) is 3.90. The van der Waals surface area contributed by atoms with Crippen LogP contribution in [0.25, 0.3) is 0 Å². The summed E-state index contributed by atoms with van der Waals surface area (Å²) in [6, 6.07) is 5.39. The van der Waals surface area contributed by atoms with Crippen molar-refractivity contribution in [2.45, 2.75) is 18.9 Å². The van der Waals surface area contributed by atoms with Crippen LogP contribution in [0, 0.1) is 0 Å². The van der Waals surface area contributed by atoms with Gasteiger partial charge in [-0.2, -0.15) is 0 Å². The highest BCUT2D eigenvalue weighted by molar-refractivity contribution is 5.93. The van der Waals surface area contributed by atoms with Crippen LogP contribution in [0.3, 0.4) is 0 Å². The van der Waals surface area contributed by atoms with Gasteiger partial charge >= 0.3 is 0 Å². The minimum atomic E-state index is -0.196. The van der Waals surface area contributed by atoms with E-state index in [0.29, 0.717) is 34.4 Å². The van der Waals surface area contributed by atoms with Crippen molar-refractivity contribution >= 4 is 17.4 Å². The first kappa shape index (κ1) is 16.8. The molecule has 1 saturated carbocycles. The van der Waals surface area contributed by atoms with Crippen LogP contribution in [0.1, 0.15) is 23.3 Å². The number of carbonyl (C=O) groups excluding carboxylic acids is 1. The summed E-state index contributed by atoms with van der Waals surface area (Å²) in [4.78, 5) is 20.3. The second-order valence-corrected chi connectivity index (χ2v) is 5.58. The van der Waals surface area contributed by atoms with E-state index in [1.165, 1.54) is 6.33 Å². The number of nitrogens with one attached hydrogen (secondary N) is 2. The van der Waals surface area contributed by atoms with Crippen LogP contribution in [-0.2, 0) is 0 Å². The zero-order valence-corrected chi connectivity index (χ0v) is 14.3. The molecule has 1 amide bonds. The van der Waals surface area contributed by atoms with Crippen molar-refractivity contribution in [2.75, 3.05) is 26.6 Å². The predicted molar refractivity (Wildman–Crippen MR) is 91.9 cm³/mol. The Bertz CT molecular complexity index is 752. The van der Waals surface area contributed by atoms with Gasteiger partial charge in [0.05, 0.1) is 21.3 Å². The van der Waals surface area contributed by atoms with E-state index >= 15 is 0 Å². The first-order chi connectivity index (χ1) is 12.1. The van der Waals surface area contributed by atoms with Gasteiger partial charge in [0.15, 0.2) is 11.5 Å². The highest BCUT2D eigenvalue weighted by atomic mass is 16.5. The molecule has 8 nitrogen and oxygen atoms in total. The number of ether oxygens (including phenoxy) is 3. The summed E-state index contributed by atoms with van der Waals surface area (Å²) in [5.41, 5.74) is 0.999. The Balaban J connectivity index is 1.83. The normalized spacial score (nSPS) is 13.1. The number of rotatable bonds is 7. The quantitative estimate of drug-likeness (QED) is 0.794. The highest BCUT2D eigenvalue weighted by Crippen LogP contribution is 2.40. The SMILES string of the molecule is COc1cc(Nc2cc(C(=O)NC3CC3)ncn2)cc(OC)c1OC. The fourth-order valence-electron chi connectivity index (χ4n) is 2.34. The van der Waals surface area contributed by atoms with Crippen LogP contribution in [0.15, 0.2) is 24.5 Å². The van der Waals surface area contributed by atoms with E-state index in [-0.39, 0.29) is 11.9 Å². The second-order valence-electron chi connectivity index (χ2n) is 5.58. The van der Waals surface area contributed by atoms with Gasteiger partial charge in [-0.05, 0) is 12.8 Å². The summed E-state index contributed by atoms with van der Waals surface area (Å²) in [5, 5.41) is 6.02. The second kappa shape index (κ2) is 7.25. The molecule has 2 aromatic rings. The lowest BCUT2D eigenvalue weighted by molar-refractivity contribution is 0.0946. The molecular weight excluding hydrogens is 324 g/mol. The number of amides is 1. The average molecular weight is 344 g/mol. The number of hydrogen-bond donors (Lipinski definition) is 2. The Morgan fingerprint density at radius 3 is 2.28 bits per heavy atom. The molecule has 0 spiro atoms. The molecule has 1 aliphatic rings. The number of methoxy groups -OCH3 is 3. The molecule has 2 N–H and O–H groups in total. The van der Waals surface area contributed by atoms with Crippen molar-refractivity contribution < 1.29 is 19.0 Å². The van der Waals surface area contributed by atoms with Gasteiger partial charge in [0.25, 0.3) is 5.91 Å². The summed E-state index contributed by atoms with van der Waals surface area (Å²) >= 11 is 0. The lowest BCUT2D eigenvalue weighted by Crippen LogP contribution is -2.26. The Hall–Kier alpha value is -3.03. The molecule has 0 saturated heterocycles. The third-order valence-electron chi connectivity index (χ3n) is 3.75. The Labute approximate surface area is 145 Å². The molecule has 0 aliphatic heterocycles. The zero-order valence-electron chi connectivity index (χ0n) is 14.3. The number of nitrogens with zero attached hydrogens (tertiary/aromatic N) is 2. The zero-order chi connectivity index (χ0) is 17.8. The van der Waals surface area contributed by atoms with Gasteiger partial charge in [-0.15, -0.1) is 0 Å². The molecule has 0 atom stereocenters. The highest BCUT2D eigenvalue weighted by Gasteiger charge is 2.24. The largest absolute Gasteiger partial charge is 0.493 e. The molecule has 8 heteroatoms. The maximum atomic E-state index is 12.1. The van der Waals surface area contributed by atoms with E-state index in [1.54, 1.807) is 39.5 Å². The van der Waals surface area contributed by atoms with E-state index in [4.69, 9.17) is 14.2 Å². The molecule has 3 rings (SSSR count). The average Bonchev–Trinajstić information content (AvgIpc) is 3.45. The molecule has 1 aromatic carbocycles. The van der Waals surface area contributed by atoms with Gasteiger partial charge in [0.1, 0.15) is 17.8 Å². The van der Waals surface area contributed by atoms with Crippen molar-refractivity contribution in [1.29, 1.82) is 0 Å². The third-order valence-corrected chi connectivity index (χ3v) is 3.75. The number of aromatic nitrogens is 2. The molecule has 1 aliphatic carbocycles. The molecule has 1 aromatic heterocycles. The van der Waals surface area contributed by atoms with E-state index in [0.717, 1.165) is 12.8 Å². The van der Waals surface area contributed by atoms with E-state index < -0.39 is 0 Å². The number of carbonyl (C=O) groups is 1. The summed E-state index contributed by atoms with van der Waals surface area (Å²) in [6.07, 6.45) is 3.39. The van der Waals surface area contributed by atoms with Crippen LogP contribution in [0.2, 0.25) is 0 Å². The Morgan fingerprint density at radius 2 is 1.72 bits per heavy atom. The summed E-state index contributed by atoms with van der Waals surface area (Å²) in [5.74, 6) is 1.83. The topological polar surface area (TPSA) is 94.6 Å². The molecular formula is C17H20N4O4. The van der Waals surface area contributed by atoms with Gasteiger partial charge in [-0.1, -0.05) is 0 Å². The summed E-state index contributed by atoms with van der Waals surface area (Å²) < 4.78 is 16.0. The molecule has 1 fully saturated rings. The summed E-state index contributed by atoms with van der Waals surface area (Å²) in [7, 11) is 4.64. The Kier molecular flexibility index (Phi) is 4.87. The smallest absolute Gasteiger partial charge is 0.270 e. The van der Waals surface area contributed by atoms with Gasteiger partial charge in [0, 0.05) is 29.9 Å². The van der Waals surface area contributed by atoms with Crippen LogP contribution in [0.4, 0.5) is 11.5 Å². The van der Waals surface area contributed by atoms with Crippen molar-refractivity contribution in [3.63, 3.8) is 0 Å². The molecule has 0 radical (unpaired) electrons. The molecule has 25 heavy (non-hydrogen) atoms. The maximum absolute atomic E-state index is 12.1. The standard InChI is InChI=1S/C17H20N4O4/c1-23-13-6-11(7-14(24-2)16(13)25-3)20-15-8-12(18-9-19-15)17(22)21-10-4-5-10/h6-10H,4-5H2,1-3H3,(H,21,22)(H,18,19,20). The van der Waals surface area contributed by atoms with E-state index in [9.17, 15) is 4.79 Å². The monoisotopic (exact) mass is 344 g/mol. The van der Waals surface area contributed by atoms with Crippen LogP contribution >= 0.6 is 0 Å². The van der Waals surface area contributed by atoms with E-state index in [2.05, 4.69) is 20.6 Å². The molecule has 1 heterocycles. The lowest BCUT2D eigenvalue weighted by atomic mass is 10.2. The molecule has 0 unspecified atom stereocenters. The maximum Gasteiger partial charge on any atom is 0.270 e. The van der Waals surface area contributed by atoms with Crippen molar-refractivity contribution in [2.24, 2.45) is 0 Å². The Morgan fingerprint density at radius 1 is 1.04 bits per heavy atom. The minimum Gasteiger partial charge on any atom is -0.493 e. The molecule has 132 valence electrons. The van der Waals surface area contributed by atoms with Crippen molar-refractivity contribution in [3.05, 3.63) is 30.2 Å². The van der Waals surface area contributed by atoms with Gasteiger partial charge < -0.3 is 24.8 Å². The first-order valence-electron chi connectivity index (χ1n) is 7.84. The first-order valence-corrected chi connectivity index (χ1v) is 7.84. The molecule has 0 bridgehead atoms. The number of hydrogen-bond acceptors (Lipinski definition) is 7. The van der Waals surface area contributed by atoms with Crippen molar-refractivity contribution in [3.8, 4) is 17.2 Å². The van der Waals surface area contributed by atoms with Gasteiger partial charge in [-0.25, -0.2) is 9.97 Å². The van der Waals surface area contributed by atoms with Crippen LogP contribution < -0.4 is 24.8 Å². The van der Waals surface area contributed by atoms with Gasteiger partial charge in [0.2, 0.25) is 5.75 Å². The van der Waals surface area contributed by atoms with Crippen LogP contribution in [-0.4, -0.2) is 43.2 Å². The summed E-state index contributed by atoms with van der Waals surface area (Å²) in [6.45, 7) is 0. The van der Waals surface area contributed by atoms with E-state index in [1.807, 2.05) is 0 Å². The number of benzene rings is 1. The lowest BCUT2D eigenvalue weighted by Gasteiger charge is -2.15. The fraction of sp³-hybridized carbons (Fsp3) is 0.353.